The summed E-state index contributed by atoms with van der Waals surface area (Å²) in [5.41, 5.74) is 3.24. The number of pyridine rings is 1. The molecule has 0 saturated carbocycles. The van der Waals surface area contributed by atoms with Crippen LogP contribution >= 0.6 is 15.9 Å². The summed E-state index contributed by atoms with van der Waals surface area (Å²) in [7, 11) is 0. The molecule has 0 spiro atoms. The molecule has 0 aliphatic carbocycles. The molecule has 0 amide bonds. The summed E-state index contributed by atoms with van der Waals surface area (Å²) in [6.45, 7) is 3.14. The Morgan fingerprint density at radius 2 is 2.12 bits per heavy atom. The molecule has 2 nitrogen and oxygen atoms in total. The van der Waals surface area contributed by atoms with Gasteiger partial charge in [0.2, 0.25) is 0 Å². The van der Waals surface area contributed by atoms with Crippen LogP contribution in [0, 0.1) is 0 Å². The Labute approximate surface area is 110 Å². The lowest BCUT2D eigenvalue weighted by Gasteiger charge is -2.07. The maximum atomic E-state index is 4.40. The van der Waals surface area contributed by atoms with Gasteiger partial charge < -0.3 is 5.32 Å². The summed E-state index contributed by atoms with van der Waals surface area (Å²) in [6.07, 6.45) is 2.96. The van der Waals surface area contributed by atoms with Gasteiger partial charge in [-0.3, -0.25) is 4.98 Å². The molecule has 2 aromatic rings. The molecular formula is C14H15BrN2. The number of anilines is 1. The Morgan fingerprint density at radius 1 is 1.24 bits per heavy atom. The summed E-state index contributed by atoms with van der Waals surface area (Å²) in [4.78, 5) is 4.40. The minimum atomic E-state index is 0.988. The van der Waals surface area contributed by atoms with E-state index in [2.05, 4.69) is 51.4 Å². The highest BCUT2D eigenvalue weighted by Crippen LogP contribution is 2.23. The van der Waals surface area contributed by atoms with Crippen LogP contribution in [0.25, 0.3) is 11.3 Å². The van der Waals surface area contributed by atoms with Crippen LogP contribution in [0.1, 0.15) is 13.3 Å². The fraction of sp³-hybridized carbons (Fsp3) is 0.214. The molecule has 0 aliphatic heterocycles. The van der Waals surface area contributed by atoms with Gasteiger partial charge in [0.25, 0.3) is 0 Å². The molecule has 17 heavy (non-hydrogen) atoms. The molecule has 2 rings (SSSR count). The molecule has 0 unspecified atom stereocenters. The first-order chi connectivity index (χ1) is 8.29. The highest BCUT2D eigenvalue weighted by Gasteiger charge is 2.00. The lowest BCUT2D eigenvalue weighted by molar-refractivity contribution is 0.979. The van der Waals surface area contributed by atoms with E-state index < -0.39 is 0 Å². The normalized spacial score (nSPS) is 10.2. The van der Waals surface area contributed by atoms with Gasteiger partial charge in [-0.25, -0.2) is 0 Å². The molecule has 0 aliphatic rings. The van der Waals surface area contributed by atoms with Gasteiger partial charge in [-0.2, -0.15) is 0 Å². The smallest absolute Gasteiger partial charge is 0.0722 e. The van der Waals surface area contributed by atoms with Gasteiger partial charge in [0.05, 0.1) is 5.69 Å². The first kappa shape index (κ1) is 12.1. The van der Waals surface area contributed by atoms with Gasteiger partial charge in [0.1, 0.15) is 0 Å². The third kappa shape index (κ3) is 3.30. The van der Waals surface area contributed by atoms with Crippen LogP contribution < -0.4 is 5.32 Å². The van der Waals surface area contributed by atoms with Crippen molar-refractivity contribution in [2.24, 2.45) is 0 Å². The van der Waals surface area contributed by atoms with Crippen LogP contribution in [-0.4, -0.2) is 11.5 Å². The second-order valence-corrected chi connectivity index (χ2v) is 4.78. The minimum absolute atomic E-state index is 0.988. The van der Waals surface area contributed by atoms with Crippen molar-refractivity contribution in [3.05, 3.63) is 47.1 Å². The molecule has 1 N–H and O–H groups in total. The molecule has 0 radical (unpaired) electrons. The highest BCUT2D eigenvalue weighted by atomic mass is 79.9. The molecule has 1 aromatic heterocycles. The molecular weight excluding hydrogens is 276 g/mol. The summed E-state index contributed by atoms with van der Waals surface area (Å²) in [5.74, 6) is 0. The molecule has 1 heterocycles. The largest absolute Gasteiger partial charge is 0.385 e. The monoisotopic (exact) mass is 290 g/mol. The third-order valence-electron chi connectivity index (χ3n) is 2.46. The lowest BCUT2D eigenvalue weighted by Crippen LogP contribution is -1.99. The second-order valence-electron chi connectivity index (χ2n) is 3.87. The van der Waals surface area contributed by atoms with Crippen LogP contribution in [0.15, 0.2) is 47.1 Å². The van der Waals surface area contributed by atoms with Gasteiger partial charge in [-0.05, 0) is 30.7 Å². The van der Waals surface area contributed by atoms with E-state index in [1.807, 2.05) is 24.4 Å². The van der Waals surface area contributed by atoms with Gasteiger partial charge in [0, 0.05) is 28.5 Å². The number of halogens is 1. The van der Waals surface area contributed by atoms with Crippen molar-refractivity contribution < 1.29 is 0 Å². The predicted molar refractivity (Wildman–Crippen MR) is 76.2 cm³/mol. The summed E-state index contributed by atoms with van der Waals surface area (Å²) in [5, 5.41) is 3.37. The first-order valence-corrected chi connectivity index (χ1v) is 6.55. The SMILES string of the molecule is CCCNc1ccnc(-c2cccc(Br)c2)c1. The van der Waals surface area contributed by atoms with Gasteiger partial charge in [-0.1, -0.05) is 35.0 Å². The lowest BCUT2D eigenvalue weighted by atomic mass is 10.1. The topological polar surface area (TPSA) is 24.9 Å². The van der Waals surface area contributed by atoms with Crippen LogP contribution in [0.4, 0.5) is 5.69 Å². The Kier molecular flexibility index (Phi) is 4.15. The van der Waals surface area contributed by atoms with Crippen molar-refractivity contribution in [2.45, 2.75) is 13.3 Å². The first-order valence-electron chi connectivity index (χ1n) is 5.75. The van der Waals surface area contributed by atoms with Gasteiger partial charge in [0.15, 0.2) is 0 Å². The molecule has 1 aromatic carbocycles. The summed E-state index contributed by atoms with van der Waals surface area (Å²) in [6, 6.07) is 12.3. The molecule has 0 bridgehead atoms. The van der Waals surface area contributed by atoms with E-state index in [1.54, 1.807) is 0 Å². The fourth-order valence-electron chi connectivity index (χ4n) is 1.62. The maximum absolute atomic E-state index is 4.40. The molecule has 0 saturated heterocycles. The second kappa shape index (κ2) is 5.82. The van der Waals surface area contributed by atoms with Crippen LogP contribution in [0.2, 0.25) is 0 Å². The molecule has 3 heteroatoms. The van der Waals surface area contributed by atoms with E-state index in [0.717, 1.165) is 34.4 Å². The van der Waals surface area contributed by atoms with Gasteiger partial charge >= 0.3 is 0 Å². The van der Waals surface area contributed by atoms with Crippen molar-refractivity contribution in [1.29, 1.82) is 0 Å². The number of rotatable bonds is 4. The predicted octanol–water partition coefficient (Wildman–Crippen LogP) is 4.33. The van der Waals surface area contributed by atoms with Crippen LogP contribution in [0.3, 0.4) is 0 Å². The van der Waals surface area contributed by atoms with Crippen LogP contribution in [0.5, 0.6) is 0 Å². The molecule has 0 atom stereocenters. The molecule has 0 fully saturated rings. The zero-order valence-corrected chi connectivity index (χ0v) is 11.4. The van der Waals surface area contributed by atoms with Crippen molar-refractivity contribution in [2.75, 3.05) is 11.9 Å². The Bertz CT molecular complexity index is 497. The number of benzene rings is 1. The summed E-state index contributed by atoms with van der Waals surface area (Å²) >= 11 is 3.48. The number of aromatic nitrogens is 1. The average molecular weight is 291 g/mol. The molecule has 88 valence electrons. The number of nitrogens with zero attached hydrogens (tertiary/aromatic N) is 1. The Morgan fingerprint density at radius 3 is 2.88 bits per heavy atom. The maximum Gasteiger partial charge on any atom is 0.0722 e. The van der Waals surface area contributed by atoms with Crippen LogP contribution in [-0.2, 0) is 0 Å². The van der Waals surface area contributed by atoms with E-state index >= 15 is 0 Å². The van der Waals surface area contributed by atoms with E-state index in [4.69, 9.17) is 0 Å². The van der Waals surface area contributed by atoms with Crippen molar-refractivity contribution in [3.8, 4) is 11.3 Å². The van der Waals surface area contributed by atoms with E-state index in [9.17, 15) is 0 Å². The number of hydrogen-bond acceptors (Lipinski definition) is 2. The van der Waals surface area contributed by atoms with E-state index in [-0.39, 0.29) is 0 Å². The Hall–Kier alpha value is -1.35. The van der Waals surface area contributed by atoms with E-state index in [1.165, 1.54) is 0 Å². The van der Waals surface area contributed by atoms with Gasteiger partial charge in [-0.15, -0.1) is 0 Å². The Balaban J connectivity index is 2.26. The standard InChI is InChI=1S/C14H15BrN2/c1-2-7-16-13-6-8-17-14(10-13)11-4-3-5-12(15)9-11/h3-6,8-10H,2,7H2,1H3,(H,16,17). The highest BCUT2D eigenvalue weighted by molar-refractivity contribution is 9.10. The number of hydrogen-bond donors (Lipinski definition) is 1. The minimum Gasteiger partial charge on any atom is -0.385 e. The summed E-state index contributed by atoms with van der Waals surface area (Å²) < 4.78 is 1.07. The van der Waals surface area contributed by atoms with E-state index in [0.29, 0.717) is 0 Å². The van der Waals surface area contributed by atoms with Crippen molar-refractivity contribution in [1.82, 2.24) is 4.98 Å². The van der Waals surface area contributed by atoms with Crippen molar-refractivity contribution in [3.63, 3.8) is 0 Å². The zero-order chi connectivity index (χ0) is 12.1. The van der Waals surface area contributed by atoms with Crippen molar-refractivity contribution >= 4 is 21.6 Å². The number of nitrogens with one attached hydrogen (secondary N) is 1. The fourth-order valence-corrected chi connectivity index (χ4v) is 2.01. The zero-order valence-electron chi connectivity index (χ0n) is 9.78. The quantitative estimate of drug-likeness (QED) is 0.906. The third-order valence-corrected chi connectivity index (χ3v) is 2.95. The average Bonchev–Trinajstić information content (AvgIpc) is 2.37.